The molecule has 1 unspecified atom stereocenters. The first-order chi connectivity index (χ1) is 12.1. The Bertz CT molecular complexity index is 728. The van der Waals surface area contributed by atoms with Crippen LogP contribution in [-0.2, 0) is 11.3 Å². The topological polar surface area (TPSA) is 76.6 Å². The summed E-state index contributed by atoms with van der Waals surface area (Å²) in [6.45, 7) is 2.70. The van der Waals surface area contributed by atoms with Crippen LogP contribution in [0.1, 0.15) is 28.8 Å². The summed E-state index contributed by atoms with van der Waals surface area (Å²) in [5.41, 5.74) is 8.03. The Morgan fingerprint density at radius 1 is 1.08 bits per heavy atom. The summed E-state index contributed by atoms with van der Waals surface area (Å²) in [5, 5.41) is 2.88. The average molecular weight is 338 g/mol. The fraction of sp³-hybridized carbons (Fsp3) is 0.300. The lowest BCUT2D eigenvalue weighted by molar-refractivity contribution is -0.921. The number of benzene rings is 2. The molecule has 130 valence electrons. The number of hydrogen-bond acceptors (Lipinski definition) is 2. The quantitative estimate of drug-likeness (QED) is 0.767. The molecule has 0 radical (unpaired) electrons. The molecule has 3 rings (SSSR count). The number of amides is 2. The zero-order chi connectivity index (χ0) is 17.6. The van der Waals surface area contributed by atoms with E-state index in [1.165, 1.54) is 4.90 Å². The van der Waals surface area contributed by atoms with E-state index in [1.807, 2.05) is 54.6 Å². The van der Waals surface area contributed by atoms with Crippen LogP contribution < -0.4 is 16.0 Å². The Morgan fingerprint density at radius 3 is 2.48 bits per heavy atom. The molecular weight excluding hydrogens is 314 g/mol. The van der Waals surface area contributed by atoms with Gasteiger partial charge in [-0.1, -0.05) is 30.3 Å². The highest BCUT2D eigenvalue weighted by Crippen LogP contribution is 2.11. The molecule has 2 amide bonds. The van der Waals surface area contributed by atoms with Gasteiger partial charge in [-0.2, -0.15) is 0 Å². The maximum atomic E-state index is 12.3. The summed E-state index contributed by atoms with van der Waals surface area (Å²) in [7, 11) is 0. The monoisotopic (exact) mass is 338 g/mol. The number of carbonyl (C=O) groups excluding carboxylic acids is 2. The molecule has 25 heavy (non-hydrogen) atoms. The summed E-state index contributed by atoms with van der Waals surface area (Å²) < 4.78 is 0. The van der Waals surface area contributed by atoms with E-state index in [9.17, 15) is 9.59 Å². The maximum absolute atomic E-state index is 12.3. The highest BCUT2D eigenvalue weighted by Gasteiger charge is 2.26. The van der Waals surface area contributed by atoms with Gasteiger partial charge in [-0.05, 0) is 37.1 Å². The zero-order valence-corrected chi connectivity index (χ0v) is 14.2. The molecule has 2 aromatic carbocycles. The Hall–Kier alpha value is -2.66. The molecule has 1 heterocycles. The molecule has 1 aliphatic heterocycles. The third kappa shape index (κ3) is 4.67. The Kier molecular flexibility index (Phi) is 5.46. The summed E-state index contributed by atoms with van der Waals surface area (Å²) in [6, 6.07) is 17.1. The van der Waals surface area contributed by atoms with Crippen molar-refractivity contribution in [1.82, 2.24) is 0 Å². The van der Waals surface area contributed by atoms with E-state index in [0.29, 0.717) is 5.56 Å². The minimum atomic E-state index is -0.190. The molecule has 1 aliphatic rings. The fourth-order valence-corrected chi connectivity index (χ4v) is 3.34. The van der Waals surface area contributed by atoms with Crippen LogP contribution in [0.2, 0.25) is 0 Å². The smallest absolute Gasteiger partial charge is 0.255 e. The number of anilines is 1. The number of likely N-dealkylation sites (tertiary alicyclic amines) is 1. The van der Waals surface area contributed by atoms with Crippen molar-refractivity contribution < 1.29 is 14.5 Å². The van der Waals surface area contributed by atoms with Crippen molar-refractivity contribution >= 4 is 17.5 Å². The van der Waals surface area contributed by atoms with E-state index < -0.39 is 0 Å². The Balaban J connectivity index is 1.58. The number of hydrogen-bond donors (Lipinski definition) is 3. The molecule has 0 aromatic heterocycles. The van der Waals surface area contributed by atoms with Crippen molar-refractivity contribution in [3.8, 4) is 0 Å². The lowest BCUT2D eigenvalue weighted by Gasteiger charge is -2.28. The largest absolute Gasteiger partial charge is 0.369 e. The van der Waals surface area contributed by atoms with Gasteiger partial charge in [-0.25, -0.2) is 0 Å². The first-order valence-electron chi connectivity index (χ1n) is 8.70. The van der Waals surface area contributed by atoms with Gasteiger partial charge >= 0.3 is 0 Å². The molecule has 0 aliphatic carbocycles. The second kappa shape index (κ2) is 7.94. The molecule has 4 N–H and O–H groups in total. The van der Waals surface area contributed by atoms with Gasteiger partial charge in [0, 0.05) is 16.8 Å². The highest BCUT2D eigenvalue weighted by atomic mass is 16.2. The minimum Gasteiger partial charge on any atom is -0.369 e. The van der Waals surface area contributed by atoms with Gasteiger partial charge in [0.25, 0.3) is 5.91 Å². The van der Waals surface area contributed by atoms with Crippen LogP contribution in [0.3, 0.4) is 0 Å². The molecular formula is C20H24N3O2+. The van der Waals surface area contributed by atoms with Gasteiger partial charge in [-0.3, -0.25) is 9.59 Å². The van der Waals surface area contributed by atoms with Crippen LogP contribution >= 0.6 is 0 Å². The first-order valence-corrected chi connectivity index (χ1v) is 8.70. The molecule has 5 heteroatoms. The van der Waals surface area contributed by atoms with Crippen molar-refractivity contribution in [2.24, 2.45) is 11.7 Å². The standard InChI is InChI=1S/C20H23N3O2/c21-19(24)17-5-4-12-23(14-17)13-15-8-10-16(11-9-15)20(25)22-18-6-2-1-3-7-18/h1-3,6-11,17H,4-5,12-14H2,(H2,21,24)(H,22,25)/p+1/t17-/m0/s1. The second-order valence-corrected chi connectivity index (χ2v) is 6.64. The number of nitrogens with two attached hydrogens (primary N) is 1. The van der Waals surface area contributed by atoms with Crippen molar-refractivity contribution in [1.29, 1.82) is 0 Å². The predicted octanol–water partition coefficient (Wildman–Crippen LogP) is 1.22. The minimum absolute atomic E-state index is 0.0142. The maximum Gasteiger partial charge on any atom is 0.255 e. The number of primary amides is 1. The van der Waals surface area contributed by atoms with Crippen LogP contribution in [0.25, 0.3) is 0 Å². The van der Waals surface area contributed by atoms with Crippen LogP contribution in [0, 0.1) is 5.92 Å². The third-order valence-corrected chi connectivity index (χ3v) is 4.72. The Morgan fingerprint density at radius 2 is 1.80 bits per heavy atom. The van der Waals surface area contributed by atoms with Crippen LogP contribution in [0.5, 0.6) is 0 Å². The van der Waals surface area contributed by atoms with E-state index in [1.54, 1.807) is 0 Å². The Labute approximate surface area is 147 Å². The van der Waals surface area contributed by atoms with Crippen molar-refractivity contribution in [2.75, 3.05) is 18.4 Å². The summed E-state index contributed by atoms with van der Waals surface area (Å²) in [4.78, 5) is 25.0. The van der Waals surface area contributed by atoms with Crippen LogP contribution in [0.15, 0.2) is 54.6 Å². The molecule has 0 saturated carbocycles. The predicted molar refractivity (Wildman–Crippen MR) is 97.2 cm³/mol. The highest BCUT2D eigenvalue weighted by molar-refractivity contribution is 6.04. The lowest BCUT2D eigenvalue weighted by atomic mass is 9.97. The summed E-state index contributed by atoms with van der Waals surface area (Å²) in [5.74, 6) is -0.318. The number of carbonyl (C=O) groups is 2. The summed E-state index contributed by atoms with van der Waals surface area (Å²) in [6.07, 6.45) is 1.93. The van der Waals surface area contributed by atoms with Crippen molar-refractivity contribution in [3.05, 3.63) is 65.7 Å². The molecule has 1 saturated heterocycles. The molecule has 0 bridgehead atoms. The van der Waals surface area contributed by atoms with Crippen LogP contribution in [-0.4, -0.2) is 24.9 Å². The molecule has 5 nitrogen and oxygen atoms in total. The van der Waals surface area contributed by atoms with E-state index in [-0.39, 0.29) is 17.7 Å². The zero-order valence-electron chi connectivity index (χ0n) is 14.2. The molecule has 1 fully saturated rings. The number of piperidine rings is 1. The van der Waals surface area contributed by atoms with Gasteiger partial charge in [-0.15, -0.1) is 0 Å². The molecule has 2 atom stereocenters. The third-order valence-electron chi connectivity index (χ3n) is 4.72. The fourth-order valence-electron chi connectivity index (χ4n) is 3.34. The SMILES string of the molecule is NC(=O)[C@H]1CCC[NH+](Cc2ccc(C(=O)Nc3ccccc3)cc2)C1. The van der Waals surface area contributed by atoms with E-state index in [0.717, 1.165) is 43.7 Å². The van der Waals surface area contributed by atoms with Gasteiger partial charge in [0.05, 0.1) is 19.0 Å². The second-order valence-electron chi connectivity index (χ2n) is 6.64. The van der Waals surface area contributed by atoms with Gasteiger partial charge < -0.3 is 16.0 Å². The van der Waals surface area contributed by atoms with E-state index >= 15 is 0 Å². The lowest BCUT2D eigenvalue weighted by Crippen LogP contribution is -3.12. The summed E-state index contributed by atoms with van der Waals surface area (Å²) >= 11 is 0. The number of nitrogens with one attached hydrogen (secondary N) is 2. The van der Waals surface area contributed by atoms with E-state index in [4.69, 9.17) is 5.73 Å². The normalized spacial score (nSPS) is 20.0. The van der Waals surface area contributed by atoms with Crippen LogP contribution in [0.4, 0.5) is 5.69 Å². The van der Waals surface area contributed by atoms with Gasteiger partial charge in [0.2, 0.25) is 5.91 Å². The van der Waals surface area contributed by atoms with Gasteiger partial charge in [0.15, 0.2) is 0 Å². The molecule has 2 aromatic rings. The average Bonchev–Trinajstić information content (AvgIpc) is 2.63. The van der Waals surface area contributed by atoms with E-state index in [2.05, 4.69) is 5.32 Å². The molecule has 0 spiro atoms. The van der Waals surface area contributed by atoms with Crippen molar-refractivity contribution in [3.63, 3.8) is 0 Å². The number of quaternary nitrogens is 1. The number of rotatable bonds is 5. The van der Waals surface area contributed by atoms with Gasteiger partial charge in [0.1, 0.15) is 6.54 Å². The first kappa shape index (κ1) is 17.2. The van der Waals surface area contributed by atoms with Crippen molar-refractivity contribution in [2.45, 2.75) is 19.4 Å². The number of para-hydroxylation sites is 1.